The Morgan fingerprint density at radius 3 is 2.58 bits per heavy atom. The third kappa shape index (κ3) is 4.02. The van der Waals surface area contributed by atoms with E-state index in [0.29, 0.717) is 10.6 Å². The zero-order valence-corrected chi connectivity index (χ0v) is 19.0. The van der Waals surface area contributed by atoms with Gasteiger partial charge in [0.2, 0.25) is 0 Å². The number of aromatic nitrogens is 3. The van der Waals surface area contributed by atoms with Crippen molar-refractivity contribution >= 4 is 33.2 Å². The number of thiazole rings is 1. The van der Waals surface area contributed by atoms with Crippen molar-refractivity contribution in [2.45, 2.75) is 6.92 Å². The van der Waals surface area contributed by atoms with E-state index in [1.807, 2.05) is 90.6 Å². The quantitative estimate of drug-likeness (QED) is 0.287. The van der Waals surface area contributed by atoms with Crippen molar-refractivity contribution in [1.29, 1.82) is 5.26 Å². The van der Waals surface area contributed by atoms with E-state index in [0.717, 1.165) is 44.0 Å². The smallest absolute Gasteiger partial charge is 0.135 e. The highest BCUT2D eigenvalue weighted by Crippen LogP contribution is 2.32. The monoisotopic (exact) mass is 448 g/mol. The van der Waals surface area contributed by atoms with Crippen molar-refractivity contribution in [1.82, 2.24) is 14.8 Å². The first-order valence-electron chi connectivity index (χ1n) is 10.4. The van der Waals surface area contributed by atoms with Crippen molar-refractivity contribution in [3.8, 4) is 28.8 Å². The maximum Gasteiger partial charge on any atom is 0.135 e. The molecule has 0 radical (unpaired) electrons. The molecule has 0 aliphatic carbocycles. The van der Waals surface area contributed by atoms with Crippen LogP contribution < -0.4 is 4.74 Å². The Morgan fingerprint density at radius 2 is 1.85 bits per heavy atom. The molecule has 0 amide bonds. The van der Waals surface area contributed by atoms with Gasteiger partial charge in [0, 0.05) is 17.3 Å². The number of hydrogen-bond acceptors (Lipinski definition) is 5. The highest BCUT2D eigenvalue weighted by Gasteiger charge is 2.15. The number of nitrogens with zero attached hydrogens (tertiary/aromatic N) is 4. The van der Waals surface area contributed by atoms with E-state index < -0.39 is 0 Å². The van der Waals surface area contributed by atoms with Gasteiger partial charge < -0.3 is 4.74 Å². The summed E-state index contributed by atoms with van der Waals surface area (Å²) in [6.45, 7) is 2.01. The summed E-state index contributed by atoms with van der Waals surface area (Å²) in [7, 11) is 1.66. The molecule has 0 N–H and O–H groups in total. The number of methoxy groups -OCH3 is 1. The Kier molecular flexibility index (Phi) is 5.47. The highest BCUT2D eigenvalue weighted by molar-refractivity contribution is 7.19. The predicted molar refractivity (Wildman–Crippen MR) is 133 cm³/mol. The van der Waals surface area contributed by atoms with Crippen LogP contribution in [0.25, 0.3) is 38.8 Å². The van der Waals surface area contributed by atoms with E-state index >= 15 is 0 Å². The van der Waals surface area contributed by atoms with Crippen LogP contribution in [0.15, 0.2) is 79.0 Å². The number of fused-ring (bicyclic) bond motifs is 1. The minimum atomic E-state index is 0.510. The zero-order valence-electron chi connectivity index (χ0n) is 18.2. The summed E-state index contributed by atoms with van der Waals surface area (Å²) in [5.74, 6) is 0.825. The van der Waals surface area contributed by atoms with Crippen molar-refractivity contribution in [2.75, 3.05) is 7.11 Å². The molecule has 0 atom stereocenters. The van der Waals surface area contributed by atoms with Crippen molar-refractivity contribution < 1.29 is 4.74 Å². The van der Waals surface area contributed by atoms with Crippen LogP contribution in [0.4, 0.5) is 0 Å². The molecule has 0 unspecified atom stereocenters. The number of ether oxygens (including phenoxy) is 1. The fraction of sp³-hybridized carbons (Fsp3) is 0.0741. The molecule has 3 aromatic carbocycles. The summed E-state index contributed by atoms with van der Waals surface area (Å²) in [4.78, 5) is 4.67. The molecule has 0 aliphatic heterocycles. The van der Waals surface area contributed by atoms with Crippen LogP contribution in [0.1, 0.15) is 16.1 Å². The van der Waals surface area contributed by atoms with Crippen LogP contribution in [0, 0.1) is 18.3 Å². The van der Waals surface area contributed by atoms with Crippen molar-refractivity contribution in [3.05, 3.63) is 95.1 Å². The Morgan fingerprint density at radius 1 is 1.06 bits per heavy atom. The number of hydrogen-bond donors (Lipinski definition) is 0. The molecule has 33 heavy (non-hydrogen) atoms. The molecular formula is C27H20N4OS. The molecule has 0 aliphatic rings. The summed E-state index contributed by atoms with van der Waals surface area (Å²) < 4.78 is 8.32. The molecule has 6 heteroatoms. The van der Waals surface area contributed by atoms with Crippen LogP contribution in [0.3, 0.4) is 0 Å². The molecule has 2 aromatic heterocycles. The number of rotatable bonds is 5. The van der Waals surface area contributed by atoms with Gasteiger partial charge in [0.15, 0.2) is 0 Å². The third-order valence-corrected chi connectivity index (χ3v) is 6.45. The highest BCUT2D eigenvalue weighted by atomic mass is 32.1. The van der Waals surface area contributed by atoms with Gasteiger partial charge in [-0.3, -0.25) is 0 Å². The second-order valence-corrected chi connectivity index (χ2v) is 8.58. The molecule has 0 fully saturated rings. The molecule has 5 nitrogen and oxygen atoms in total. The number of nitriles is 1. The lowest BCUT2D eigenvalue weighted by Gasteiger charge is -2.07. The molecule has 5 aromatic rings. The molecule has 0 spiro atoms. The largest absolute Gasteiger partial charge is 0.496 e. The van der Waals surface area contributed by atoms with Gasteiger partial charge in [0.05, 0.1) is 28.6 Å². The first-order chi connectivity index (χ1) is 16.2. The van der Waals surface area contributed by atoms with Crippen molar-refractivity contribution in [2.24, 2.45) is 0 Å². The van der Waals surface area contributed by atoms with E-state index in [1.165, 1.54) is 11.3 Å². The van der Waals surface area contributed by atoms with Gasteiger partial charge in [-0.05, 0) is 61.0 Å². The maximum absolute atomic E-state index is 9.97. The van der Waals surface area contributed by atoms with Gasteiger partial charge in [-0.2, -0.15) is 10.4 Å². The van der Waals surface area contributed by atoms with Crippen LogP contribution in [0.2, 0.25) is 0 Å². The third-order valence-electron chi connectivity index (χ3n) is 5.38. The maximum atomic E-state index is 9.97. The fourth-order valence-electron chi connectivity index (χ4n) is 3.74. The zero-order chi connectivity index (χ0) is 22.8. The summed E-state index contributed by atoms with van der Waals surface area (Å²) in [6, 6.07) is 26.2. The summed E-state index contributed by atoms with van der Waals surface area (Å²) in [5, 5.41) is 15.5. The average Bonchev–Trinajstić information content (AvgIpc) is 3.47. The van der Waals surface area contributed by atoms with E-state index in [9.17, 15) is 5.26 Å². The minimum Gasteiger partial charge on any atom is -0.496 e. The molecule has 160 valence electrons. The lowest BCUT2D eigenvalue weighted by atomic mass is 10.0. The lowest BCUT2D eigenvalue weighted by molar-refractivity contribution is 0.412. The van der Waals surface area contributed by atoms with Crippen molar-refractivity contribution in [3.63, 3.8) is 0 Å². The van der Waals surface area contributed by atoms with E-state index in [-0.39, 0.29) is 0 Å². The van der Waals surface area contributed by atoms with Crippen LogP contribution in [-0.4, -0.2) is 21.9 Å². The first kappa shape index (κ1) is 20.7. The second-order valence-electron chi connectivity index (χ2n) is 7.55. The van der Waals surface area contributed by atoms with Gasteiger partial charge >= 0.3 is 0 Å². The normalized spacial score (nSPS) is 11.5. The minimum absolute atomic E-state index is 0.510. The summed E-state index contributed by atoms with van der Waals surface area (Å²) >= 11 is 1.52. The standard InChI is InChI=1S/C27H20N4OS/c1-18-14-19(12-13-24(18)32-2)26-21(17-31(30-26)22-8-4-3-5-9-22)15-20(16-28)27-29-23-10-6-7-11-25(23)33-27/h3-15,17H,1-2H3/b20-15-. The fourth-order valence-corrected chi connectivity index (χ4v) is 4.67. The number of benzene rings is 3. The van der Waals surface area contributed by atoms with Gasteiger partial charge in [-0.25, -0.2) is 9.67 Å². The SMILES string of the molecule is COc1ccc(-c2nn(-c3ccccc3)cc2/C=C(/C#N)c2nc3ccccc3s2)cc1C. The molecule has 2 heterocycles. The van der Waals surface area contributed by atoms with Gasteiger partial charge in [-0.15, -0.1) is 11.3 Å². The predicted octanol–water partition coefficient (Wildman–Crippen LogP) is 6.53. The van der Waals surface area contributed by atoms with Gasteiger partial charge in [0.25, 0.3) is 0 Å². The van der Waals surface area contributed by atoms with Crippen LogP contribution in [-0.2, 0) is 0 Å². The van der Waals surface area contributed by atoms with Crippen LogP contribution >= 0.6 is 11.3 Å². The van der Waals surface area contributed by atoms with E-state index in [2.05, 4.69) is 17.1 Å². The molecule has 0 bridgehead atoms. The Hall–Kier alpha value is -4.21. The summed E-state index contributed by atoms with van der Waals surface area (Å²) in [5.41, 5.74) is 5.96. The number of para-hydroxylation sites is 2. The first-order valence-corrected chi connectivity index (χ1v) is 11.3. The second kappa shape index (κ2) is 8.73. The average molecular weight is 449 g/mol. The van der Waals surface area contributed by atoms with Crippen LogP contribution in [0.5, 0.6) is 5.75 Å². The number of allylic oxidation sites excluding steroid dienone is 1. The number of aryl methyl sites for hydroxylation is 1. The van der Waals surface area contributed by atoms with E-state index in [4.69, 9.17) is 9.84 Å². The molecule has 5 rings (SSSR count). The molecular weight excluding hydrogens is 428 g/mol. The Labute approximate surface area is 195 Å². The Balaban J connectivity index is 1.67. The lowest BCUT2D eigenvalue weighted by Crippen LogP contribution is -1.94. The topological polar surface area (TPSA) is 63.7 Å². The van der Waals surface area contributed by atoms with Gasteiger partial charge in [0.1, 0.15) is 22.5 Å². The molecule has 0 saturated heterocycles. The van der Waals surface area contributed by atoms with E-state index in [1.54, 1.807) is 7.11 Å². The van der Waals surface area contributed by atoms with Gasteiger partial charge in [-0.1, -0.05) is 30.3 Å². The molecule has 0 saturated carbocycles. The summed E-state index contributed by atoms with van der Waals surface area (Å²) in [6.07, 6.45) is 3.83. The Bertz CT molecular complexity index is 1490.